The Balaban J connectivity index is 1.24. The molecule has 0 radical (unpaired) electrons. The summed E-state index contributed by atoms with van der Waals surface area (Å²) in [4.78, 5) is 24.5. The Labute approximate surface area is 280 Å². The Morgan fingerprint density at radius 1 is 0.714 bits per heavy atom. The van der Waals surface area contributed by atoms with Gasteiger partial charge < -0.3 is 23.2 Å². The van der Waals surface area contributed by atoms with Gasteiger partial charge in [-0.1, -0.05) is 12.1 Å². The number of hydrogen-bond donors (Lipinski definition) is 0. The molecule has 266 valence electrons. The van der Waals surface area contributed by atoms with Crippen LogP contribution in [0.25, 0.3) is 0 Å². The van der Waals surface area contributed by atoms with Gasteiger partial charge in [0.05, 0.1) is 44.2 Å². The molecule has 14 heteroatoms. The number of likely N-dealkylation sites (N-methyl/N-ethyl adjacent to an activating group) is 1. The average molecular weight is 701 g/mol. The Kier molecular flexibility index (Phi) is 13.0. The van der Waals surface area contributed by atoms with E-state index in [1.54, 1.807) is 7.05 Å². The summed E-state index contributed by atoms with van der Waals surface area (Å²) in [6.07, 6.45) is 1.77. The van der Waals surface area contributed by atoms with Crippen LogP contribution in [0.5, 0.6) is 0 Å². The average Bonchev–Trinajstić information content (AvgIpc) is 3.02. The fourth-order valence-corrected chi connectivity index (χ4v) is 6.22. The Morgan fingerprint density at radius 2 is 1.29 bits per heavy atom. The van der Waals surface area contributed by atoms with Crippen molar-refractivity contribution in [2.24, 2.45) is 0 Å². The lowest BCUT2D eigenvalue weighted by Gasteiger charge is -2.42. The first-order chi connectivity index (χ1) is 23.3. The SMILES string of the molecule is C[N+](CCOC(=O)OCOC(=O)CCC[N+]1(Cc2c(F)cc(F)cc2F)CCCCC1)(Cc1ccc(F)cc1)Cc1c(F)cc(F)cc1F. The third-order valence-corrected chi connectivity index (χ3v) is 8.75. The van der Waals surface area contributed by atoms with Crippen LogP contribution in [0.2, 0.25) is 0 Å². The highest BCUT2D eigenvalue weighted by molar-refractivity contribution is 5.69. The number of carbonyl (C=O) groups excluding carboxylic acids is 2. The molecule has 0 aliphatic carbocycles. The Morgan fingerprint density at radius 3 is 1.88 bits per heavy atom. The number of carbonyl (C=O) groups is 2. The molecule has 3 aromatic carbocycles. The first kappa shape index (κ1) is 37.6. The molecule has 0 amide bonds. The first-order valence-electron chi connectivity index (χ1n) is 15.9. The van der Waals surface area contributed by atoms with Crippen molar-refractivity contribution < 1.29 is 63.5 Å². The largest absolute Gasteiger partial charge is 0.511 e. The lowest BCUT2D eigenvalue weighted by atomic mass is 10.0. The van der Waals surface area contributed by atoms with Crippen molar-refractivity contribution in [2.45, 2.75) is 51.7 Å². The summed E-state index contributed by atoms with van der Waals surface area (Å²) in [5.41, 5.74) is 0.0648. The van der Waals surface area contributed by atoms with Gasteiger partial charge in [-0.2, -0.15) is 0 Å². The molecule has 7 nitrogen and oxygen atoms in total. The number of halogens is 7. The zero-order valence-corrected chi connectivity index (χ0v) is 27.1. The molecule has 4 rings (SSSR count). The van der Waals surface area contributed by atoms with Crippen LogP contribution in [0.1, 0.15) is 48.8 Å². The van der Waals surface area contributed by atoms with Crippen molar-refractivity contribution in [1.29, 1.82) is 0 Å². The molecule has 0 saturated carbocycles. The normalized spacial score (nSPS) is 15.3. The highest BCUT2D eigenvalue weighted by atomic mass is 19.2. The molecule has 1 atom stereocenters. The molecule has 0 N–H and O–H groups in total. The molecule has 0 aromatic heterocycles. The van der Waals surface area contributed by atoms with Crippen LogP contribution in [-0.2, 0) is 38.6 Å². The van der Waals surface area contributed by atoms with Gasteiger partial charge >= 0.3 is 12.1 Å². The van der Waals surface area contributed by atoms with E-state index in [1.165, 1.54) is 24.3 Å². The fourth-order valence-electron chi connectivity index (χ4n) is 6.22. The van der Waals surface area contributed by atoms with Crippen molar-refractivity contribution in [2.75, 3.05) is 46.6 Å². The first-order valence-corrected chi connectivity index (χ1v) is 15.9. The summed E-state index contributed by atoms with van der Waals surface area (Å²) in [5, 5.41) is 0. The van der Waals surface area contributed by atoms with Crippen LogP contribution in [0.15, 0.2) is 48.5 Å². The van der Waals surface area contributed by atoms with E-state index < -0.39 is 59.6 Å². The lowest BCUT2D eigenvalue weighted by molar-refractivity contribution is -0.945. The Bertz CT molecular complexity index is 1560. The van der Waals surface area contributed by atoms with Gasteiger partial charge in [0.2, 0.25) is 6.79 Å². The third kappa shape index (κ3) is 11.2. The van der Waals surface area contributed by atoms with Crippen molar-refractivity contribution in [3.05, 3.63) is 106 Å². The summed E-state index contributed by atoms with van der Waals surface area (Å²) >= 11 is 0. The van der Waals surface area contributed by atoms with E-state index in [0.717, 1.165) is 19.3 Å². The molecule has 1 unspecified atom stereocenters. The van der Waals surface area contributed by atoms with E-state index in [1.807, 2.05) is 0 Å². The van der Waals surface area contributed by atoms with Gasteiger partial charge in [-0.05, 0) is 31.4 Å². The lowest BCUT2D eigenvalue weighted by Crippen LogP contribution is -2.51. The molecule has 1 fully saturated rings. The number of nitrogens with zero attached hydrogens (tertiary/aromatic N) is 2. The molecule has 3 aromatic rings. The number of quaternary nitrogens is 2. The zero-order valence-electron chi connectivity index (χ0n) is 27.1. The maximum absolute atomic E-state index is 14.5. The molecule has 1 aliphatic heterocycles. The van der Waals surface area contributed by atoms with Crippen LogP contribution < -0.4 is 0 Å². The van der Waals surface area contributed by atoms with E-state index >= 15 is 0 Å². The fraction of sp³-hybridized carbons (Fsp3) is 0.429. The minimum Gasteiger partial charge on any atom is -0.428 e. The number of benzene rings is 3. The van der Waals surface area contributed by atoms with Crippen LogP contribution in [0.4, 0.5) is 35.5 Å². The minimum absolute atomic E-state index is 0.0221. The predicted molar refractivity (Wildman–Crippen MR) is 163 cm³/mol. The highest BCUT2D eigenvalue weighted by Gasteiger charge is 2.33. The standard InChI is InChI=1S/C35H39F7N2O5/c1-43(20-24-7-9-25(36)10-8-24,21-28-30(39)16-26(37)17-31(28)40)14-15-47-35(46)49-23-48-34(45)6-5-13-44(11-3-2-4-12-44)22-29-32(41)18-27(38)19-33(29)42/h7-10,16-19H,2-6,11-15,20-23H2,1H3/q+2. The second kappa shape index (κ2) is 17.0. The van der Waals surface area contributed by atoms with E-state index in [2.05, 4.69) is 0 Å². The van der Waals surface area contributed by atoms with Gasteiger partial charge in [-0.25, -0.2) is 35.5 Å². The zero-order chi connectivity index (χ0) is 35.6. The molecule has 1 aliphatic rings. The molecule has 1 saturated heterocycles. The summed E-state index contributed by atoms with van der Waals surface area (Å²) in [6, 6.07) is 7.93. The number of piperidine rings is 1. The quantitative estimate of drug-likeness (QED) is 0.0714. The molecule has 1 heterocycles. The topological polar surface area (TPSA) is 61.8 Å². The summed E-state index contributed by atoms with van der Waals surface area (Å²) in [6.45, 7) is 0.660. The van der Waals surface area contributed by atoms with E-state index in [4.69, 9.17) is 14.2 Å². The molecule has 49 heavy (non-hydrogen) atoms. The van der Waals surface area contributed by atoms with Gasteiger partial charge in [-0.3, -0.25) is 4.79 Å². The van der Waals surface area contributed by atoms with Crippen LogP contribution >= 0.6 is 0 Å². The van der Waals surface area contributed by atoms with Crippen molar-refractivity contribution in [3.8, 4) is 0 Å². The van der Waals surface area contributed by atoms with Gasteiger partial charge in [0.25, 0.3) is 0 Å². The number of likely N-dealkylation sites (tertiary alicyclic amines) is 1. The van der Waals surface area contributed by atoms with E-state index in [9.17, 15) is 40.3 Å². The van der Waals surface area contributed by atoms with E-state index in [-0.39, 0.29) is 54.8 Å². The monoisotopic (exact) mass is 700 g/mol. The van der Waals surface area contributed by atoms with Gasteiger partial charge in [0.1, 0.15) is 73.5 Å². The number of hydrogen-bond acceptors (Lipinski definition) is 5. The van der Waals surface area contributed by atoms with Crippen LogP contribution in [0, 0.1) is 40.7 Å². The maximum atomic E-state index is 14.5. The Hall–Kier alpha value is -4.17. The van der Waals surface area contributed by atoms with E-state index in [0.29, 0.717) is 60.4 Å². The van der Waals surface area contributed by atoms with Gasteiger partial charge in [-0.15, -0.1) is 0 Å². The predicted octanol–water partition coefficient (Wildman–Crippen LogP) is 7.44. The number of esters is 1. The van der Waals surface area contributed by atoms with Gasteiger partial charge in [0, 0.05) is 36.2 Å². The van der Waals surface area contributed by atoms with Gasteiger partial charge in [0.15, 0.2) is 0 Å². The maximum Gasteiger partial charge on any atom is 0.511 e. The van der Waals surface area contributed by atoms with Crippen molar-refractivity contribution in [3.63, 3.8) is 0 Å². The second-order valence-corrected chi connectivity index (χ2v) is 12.7. The highest BCUT2D eigenvalue weighted by Crippen LogP contribution is 2.27. The molecule has 0 bridgehead atoms. The molecular weight excluding hydrogens is 661 g/mol. The molecular formula is C35H39F7N2O5+2. The summed E-state index contributed by atoms with van der Waals surface area (Å²) in [5.74, 6) is -7.25. The summed E-state index contributed by atoms with van der Waals surface area (Å²) < 4.78 is 113. The second-order valence-electron chi connectivity index (χ2n) is 12.7. The van der Waals surface area contributed by atoms with Crippen LogP contribution in [0.3, 0.4) is 0 Å². The minimum atomic E-state index is -1.17. The number of rotatable bonds is 15. The third-order valence-electron chi connectivity index (χ3n) is 8.75. The smallest absolute Gasteiger partial charge is 0.428 e. The molecule has 0 spiro atoms. The summed E-state index contributed by atoms with van der Waals surface area (Å²) in [7, 11) is 1.63. The van der Waals surface area contributed by atoms with Crippen LogP contribution in [-0.4, -0.2) is 67.7 Å². The van der Waals surface area contributed by atoms with Crippen molar-refractivity contribution >= 4 is 12.1 Å². The van der Waals surface area contributed by atoms with Crippen molar-refractivity contribution in [1.82, 2.24) is 0 Å². The number of ether oxygens (including phenoxy) is 3.